The van der Waals surface area contributed by atoms with Crippen LogP contribution in [0.2, 0.25) is 5.02 Å². The zero-order chi connectivity index (χ0) is 15.9. The molecular weight excluding hydrogens is 302 g/mol. The Morgan fingerprint density at radius 3 is 2.55 bits per heavy atom. The highest BCUT2D eigenvalue weighted by atomic mass is 35.5. The van der Waals surface area contributed by atoms with Gasteiger partial charge in [-0.3, -0.25) is 0 Å². The molecule has 0 bridgehead atoms. The Balaban J connectivity index is 1.62. The molecule has 1 aliphatic rings. The molecule has 2 rings (SSSR count). The van der Waals surface area contributed by atoms with E-state index in [2.05, 4.69) is 24.5 Å². The second-order valence-electron chi connectivity index (χ2n) is 5.91. The molecule has 1 fully saturated rings. The Bertz CT molecular complexity index is 471. The molecule has 5 nitrogen and oxygen atoms in total. The summed E-state index contributed by atoms with van der Waals surface area (Å²) in [6.45, 7) is 8.05. The maximum atomic E-state index is 11.8. The van der Waals surface area contributed by atoms with Crippen molar-refractivity contribution in [3.63, 3.8) is 0 Å². The third kappa shape index (κ3) is 5.83. The van der Waals surface area contributed by atoms with Crippen LogP contribution in [0.3, 0.4) is 0 Å². The van der Waals surface area contributed by atoms with E-state index in [9.17, 15) is 4.79 Å². The molecule has 2 amide bonds. The molecule has 3 atom stereocenters. The van der Waals surface area contributed by atoms with Crippen molar-refractivity contribution >= 4 is 23.3 Å². The number of halogens is 1. The predicted molar refractivity (Wildman–Crippen MR) is 88.7 cm³/mol. The fraction of sp³-hybridized carbons (Fsp3) is 0.562. The van der Waals surface area contributed by atoms with Crippen LogP contribution in [0.5, 0.6) is 0 Å². The van der Waals surface area contributed by atoms with E-state index in [1.54, 1.807) is 29.2 Å². The highest BCUT2D eigenvalue weighted by molar-refractivity contribution is 6.30. The molecule has 0 aromatic heterocycles. The molecule has 0 spiro atoms. The van der Waals surface area contributed by atoms with Crippen LogP contribution in [-0.4, -0.2) is 44.4 Å². The topological polar surface area (TPSA) is 54.8 Å². The van der Waals surface area contributed by atoms with E-state index in [4.69, 9.17) is 16.3 Å². The molecular formula is C16H25ClN3O2+. The van der Waals surface area contributed by atoms with Gasteiger partial charge in [-0.2, -0.15) is 0 Å². The van der Waals surface area contributed by atoms with E-state index in [1.165, 1.54) is 0 Å². The van der Waals surface area contributed by atoms with Crippen LogP contribution in [0.15, 0.2) is 24.3 Å². The number of amides is 2. The summed E-state index contributed by atoms with van der Waals surface area (Å²) in [5.41, 5.74) is 0.739. The van der Waals surface area contributed by atoms with Crippen molar-refractivity contribution in [2.75, 3.05) is 31.5 Å². The van der Waals surface area contributed by atoms with Crippen molar-refractivity contribution in [2.24, 2.45) is 0 Å². The molecule has 1 saturated heterocycles. The number of carbonyl (C=O) groups excluding carboxylic acids is 1. The lowest BCUT2D eigenvalue weighted by Crippen LogP contribution is -3.15. The summed E-state index contributed by atoms with van der Waals surface area (Å²) >= 11 is 5.81. The molecule has 0 radical (unpaired) electrons. The largest absolute Gasteiger partial charge is 0.364 e. The van der Waals surface area contributed by atoms with Gasteiger partial charge < -0.3 is 20.3 Å². The number of carbonyl (C=O) groups is 1. The molecule has 1 aliphatic heterocycles. The number of hydrogen-bond donors (Lipinski definition) is 3. The summed E-state index contributed by atoms with van der Waals surface area (Å²) < 4.78 is 5.73. The Kier molecular flexibility index (Phi) is 6.49. The van der Waals surface area contributed by atoms with Crippen LogP contribution in [0.4, 0.5) is 10.5 Å². The average Bonchev–Trinajstić information content (AvgIpc) is 2.45. The van der Waals surface area contributed by atoms with E-state index in [0.29, 0.717) is 23.8 Å². The molecule has 1 unspecified atom stereocenters. The first-order valence-electron chi connectivity index (χ1n) is 7.82. The lowest BCUT2D eigenvalue weighted by molar-refractivity contribution is -0.915. The Hall–Kier alpha value is -1.30. The molecule has 22 heavy (non-hydrogen) atoms. The Labute approximate surface area is 137 Å². The minimum Gasteiger partial charge on any atom is -0.364 e. The smallest absolute Gasteiger partial charge is 0.319 e. The van der Waals surface area contributed by atoms with E-state index in [-0.39, 0.29) is 6.03 Å². The SMILES string of the molecule is C[C@@H]1C[NH+](CCCNC(=O)Nc2ccc(Cl)cc2)C[C@H](C)O1. The quantitative estimate of drug-likeness (QED) is 0.719. The summed E-state index contributed by atoms with van der Waals surface area (Å²) in [6.07, 6.45) is 1.60. The van der Waals surface area contributed by atoms with Crippen molar-refractivity contribution in [2.45, 2.75) is 32.5 Å². The maximum Gasteiger partial charge on any atom is 0.319 e. The first kappa shape index (κ1) is 17.1. The van der Waals surface area contributed by atoms with Crippen LogP contribution >= 0.6 is 11.6 Å². The maximum absolute atomic E-state index is 11.8. The van der Waals surface area contributed by atoms with Gasteiger partial charge in [0.25, 0.3) is 0 Å². The number of benzene rings is 1. The average molecular weight is 327 g/mol. The molecule has 0 aliphatic carbocycles. The lowest BCUT2D eigenvalue weighted by atomic mass is 10.2. The summed E-state index contributed by atoms with van der Waals surface area (Å²) in [7, 11) is 0. The fourth-order valence-corrected chi connectivity index (χ4v) is 2.97. The normalized spacial score (nSPS) is 24.8. The van der Waals surface area contributed by atoms with Gasteiger partial charge in [0.05, 0.1) is 6.54 Å². The van der Waals surface area contributed by atoms with E-state index in [0.717, 1.165) is 31.7 Å². The first-order valence-corrected chi connectivity index (χ1v) is 8.20. The van der Waals surface area contributed by atoms with Gasteiger partial charge in [0.2, 0.25) is 0 Å². The van der Waals surface area contributed by atoms with Gasteiger partial charge in [-0.05, 0) is 38.1 Å². The van der Waals surface area contributed by atoms with Gasteiger partial charge in [0.15, 0.2) is 0 Å². The number of anilines is 1. The monoisotopic (exact) mass is 326 g/mol. The lowest BCUT2D eigenvalue weighted by Gasteiger charge is -2.32. The zero-order valence-electron chi connectivity index (χ0n) is 13.2. The van der Waals surface area contributed by atoms with E-state index < -0.39 is 0 Å². The molecule has 0 saturated carbocycles. The number of ether oxygens (including phenoxy) is 1. The van der Waals surface area contributed by atoms with E-state index in [1.807, 2.05) is 0 Å². The van der Waals surface area contributed by atoms with Gasteiger partial charge in [0, 0.05) is 23.7 Å². The molecule has 1 aromatic carbocycles. The first-order chi connectivity index (χ1) is 10.5. The molecule has 6 heteroatoms. The highest BCUT2D eigenvalue weighted by Gasteiger charge is 2.24. The minimum absolute atomic E-state index is 0.180. The molecule has 3 N–H and O–H groups in total. The molecule has 1 aromatic rings. The fourth-order valence-electron chi connectivity index (χ4n) is 2.84. The highest BCUT2D eigenvalue weighted by Crippen LogP contribution is 2.12. The van der Waals surface area contributed by atoms with Gasteiger partial charge >= 0.3 is 6.03 Å². The summed E-state index contributed by atoms with van der Waals surface area (Å²) in [4.78, 5) is 13.3. The van der Waals surface area contributed by atoms with Crippen LogP contribution in [-0.2, 0) is 4.74 Å². The van der Waals surface area contributed by atoms with Crippen molar-refractivity contribution in [1.82, 2.24) is 5.32 Å². The summed E-state index contributed by atoms with van der Waals surface area (Å²) in [5.74, 6) is 0. The second-order valence-corrected chi connectivity index (χ2v) is 6.34. The van der Waals surface area contributed by atoms with Crippen LogP contribution in [0, 0.1) is 0 Å². The molecule has 122 valence electrons. The Morgan fingerprint density at radius 2 is 1.91 bits per heavy atom. The van der Waals surface area contributed by atoms with Gasteiger partial charge in [-0.25, -0.2) is 4.79 Å². The van der Waals surface area contributed by atoms with Crippen molar-refractivity contribution in [3.8, 4) is 0 Å². The second kappa shape index (κ2) is 8.36. The standard InChI is InChI=1S/C16H24ClN3O2/c1-12-10-20(11-13(2)22-12)9-3-8-18-16(21)19-15-6-4-14(17)5-7-15/h4-7,12-13H,3,8-11H2,1-2H3,(H2,18,19,21)/p+1/t12-,13+. The van der Waals surface area contributed by atoms with Crippen LogP contribution in [0.25, 0.3) is 0 Å². The van der Waals surface area contributed by atoms with Gasteiger partial charge in [-0.15, -0.1) is 0 Å². The number of morpholine rings is 1. The van der Waals surface area contributed by atoms with E-state index >= 15 is 0 Å². The summed E-state index contributed by atoms with van der Waals surface area (Å²) in [6, 6.07) is 6.88. The number of quaternary nitrogens is 1. The number of nitrogens with one attached hydrogen (secondary N) is 3. The Morgan fingerprint density at radius 1 is 1.27 bits per heavy atom. The van der Waals surface area contributed by atoms with Crippen LogP contribution in [0.1, 0.15) is 20.3 Å². The number of rotatable bonds is 5. The number of hydrogen-bond acceptors (Lipinski definition) is 2. The van der Waals surface area contributed by atoms with Crippen LogP contribution < -0.4 is 15.5 Å². The van der Waals surface area contributed by atoms with Crippen molar-refractivity contribution in [1.29, 1.82) is 0 Å². The van der Waals surface area contributed by atoms with Gasteiger partial charge in [0.1, 0.15) is 25.3 Å². The predicted octanol–water partition coefficient (Wildman–Crippen LogP) is 1.54. The third-order valence-corrected chi connectivity index (χ3v) is 3.96. The number of urea groups is 1. The molecule has 1 heterocycles. The third-order valence-electron chi connectivity index (χ3n) is 3.71. The minimum atomic E-state index is -0.180. The van der Waals surface area contributed by atoms with Gasteiger partial charge in [-0.1, -0.05) is 11.6 Å². The van der Waals surface area contributed by atoms with Crippen molar-refractivity contribution in [3.05, 3.63) is 29.3 Å². The zero-order valence-corrected chi connectivity index (χ0v) is 14.0. The summed E-state index contributed by atoms with van der Waals surface area (Å²) in [5, 5.41) is 6.32. The van der Waals surface area contributed by atoms with Crippen molar-refractivity contribution < 1.29 is 14.4 Å².